The number of nitro benzene ring substituents is 1. The van der Waals surface area contributed by atoms with Gasteiger partial charge in [0.25, 0.3) is 5.69 Å². The number of benzene rings is 1. The smallest absolute Gasteiger partial charge is 0.273 e. The van der Waals surface area contributed by atoms with Gasteiger partial charge >= 0.3 is 0 Å². The van der Waals surface area contributed by atoms with Gasteiger partial charge in [-0.05, 0) is 25.5 Å². The van der Waals surface area contributed by atoms with Crippen LogP contribution in [-0.4, -0.2) is 14.9 Å². The number of ether oxygens (including phenoxy) is 1. The van der Waals surface area contributed by atoms with E-state index in [-0.39, 0.29) is 5.69 Å². The van der Waals surface area contributed by atoms with E-state index >= 15 is 0 Å². The summed E-state index contributed by atoms with van der Waals surface area (Å²) in [5, 5.41) is 11.2. The average Bonchev–Trinajstić information content (AvgIpc) is 2.45. The zero-order valence-electron chi connectivity index (χ0n) is 11.9. The first-order valence-electron chi connectivity index (χ1n) is 6.38. The lowest BCUT2D eigenvalue weighted by atomic mass is 10.2. The first-order chi connectivity index (χ1) is 9.92. The first kappa shape index (κ1) is 15.2. The van der Waals surface area contributed by atoms with Crippen LogP contribution in [0.15, 0.2) is 18.2 Å². The highest BCUT2D eigenvalue weighted by Gasteiger charge is 2.14. The van der Waals surface area contributed by atoms with Gasteiger partial charge in [0.2, 0.25) is 5.88 Å². The maximum Gasteiger partial charge on any atom is 0.273 e. The van der Waals surface area contributed by atoms with Crippen LogP contribution in [0.25, 0.3) is 0 Å². The third-order valence-corrected chi connectivity index (χ3v) is 3.36. The molecule has 1 aromatic carbocycles. The molecule has 0 aliphatic rings. The van der Waals surface area contributed by atoms with Gasteiger partial charge in [0.1, 0.15) is 16.7 Å². The van der Waals surface area contributed by atoms with Crippen LogP contribution < -0.4 is 4.74 Å². The lowest BCUT2D eigenvalue weighted by Gasteiger charge is -2.11. The quantitative estimate of drug-likeness (QED) is 0.484. The Morgan fingerprint density at radius 1 is 1.33 bits per heavy atom. The van der Waals surface area contributed by atoms with Crippen molar-refractivity contribution in [3.63, 3.8) is 0 Å². The molecule has 6 nitrogen and oxygen atoms in total. The summed E-state index contributed by atoms with van der Waals surface area (Å²) in [4.78, 5) is 18.8. The minimum absolute atomic E-state index is 0.0379. The first-order valence-corrected chi connectivity index (χ1v) is 6.76. The zero-order chi connectivity index (χ0) is 15.6. The Balaban J connectivity index is 2.44. The molecule has 0 spiro atoms. The molecule has 0 N–H and O–H groups in total. The number of nitrogens with zero attached hydrogens (tertiary/aromatic N) is 3. The molecule has 0 aliphatic carbocycles. The van der Waals surface area contributed by atoms with Crippen LogP contribution in [0.2, 0.25) is 5.15 Å². The molecule has 0 saturated carbocycles. The number of non-ortho nitro benzene ring substituents is 1. The molecule has 1 heterocycles. The molecule has 0 aliphatic heterocycles. The van der Waals surface area contributed by atoms with Crippen molar-refractivity contribution in [1.29, 1.82) is 0 Å². The summed E-state index contributed by atoms with van der Waals surface area (Å²) in [6.45, 7) is 5.45. The minimum atomic E-state index is -0.469. The zero-order valence-corrected chi connectivity index (χ0v) is 12.6. The van der Waals surface area contributed by atoms with Crippen molar-refractivity contribution in [3.8, 4) is 11.6 Å². The van der Waals surface area contributed by atoms with Crippen molar-refractivity contribution < 1.29 is 9.66 Å². The van der Waals surface area contributed by atoms with E-state index in [1.165, 1.54) is 12.1 Å². The van der Waals surface area contributed by atoms with Crippen LogP contribution in [0.1, 0.15) is 23.9 Å². The molecule has 2 aromatic rings. The van der Waals surface area contributed by atoms with Gasteiger partial charge in [-0.3, -0.25) is 10.1 Å². The van der Waals surface area contributed by atoms with Crippen LogP contribution in [0.3, 0.4) is 0 Å². The summed E-state index contributed by atoms with van der Waals surface area (Å²) in [5.74, 6) is 1.25. The molecule has 1 aromatic heterocycles. The minimum Gasteiger partial charge on any atom is -0.438 e. The topological polar surface area (TPSA) is 78.2 Å². The van der Waals surface area contributed by atoms with E-state index < -0.39 is 4.92 Å². The summed E-state index contributed by atoms with van der Waals surface area (Å²) >= 11 is 6.05. The summed E-state index contributed by atoms with van der Waals surface area (Å²) in [7, 11) is 0. The second-order valence-electron chi connectivity index (χ2n) is 4.52. The van der Waals surface area contributed by atoms with Gasteiger partial charge in [0.05, 0.1) is 11.0 Å². The Kier molecular flexibility index (Phi) is 4.37. The largest absolute Gasteiger partial charge is 0.438 e. The standard InChI is InChI=1S/C14H14ClN3O3/c1-4-12-16-13(15)9(3)14(17-12)21-11-7-10(18(19)20)6-5-8(11)2/h5-7H,4H2,1-3H3. The summed E-state index contributed by atoms with van der Waals surface area (Å²) in [6, 6.07) is 4.43. The van der Waals surface area contributed by atoms with Crippen molar-refractivity contribution >= 4 is 17.3 Å². The fourth-order valence-electron chi connectivity index (χ4n) is 1.69. The summed E-state index contributed by atoms with van der Waals surface area (Å²) in [5.41, 5.74) is 1.33. The average molecular weight is 308 g/mol. The highest BCUT2D eigenvalue weighted by molar-refractivity contribution is 6.30. The van der Waals surface area contributed by atoms with E-state index in [2.05, 4.69) is 9.97 Å². The number of halogens is 1. The fraction of sp³-hybridized carbons (Fsp3) is 0.286. The van der Waals surface area contributed by atoms with E-state index in [1.807, 2.05) is 6.92 Å². The van der Waals surface area contributed by atoms with Gasteiger partial charge in [-0.1, -0.05) is 18.5 Å². The number of aryl methyl sites for hydroxylation is 2. The molecular formula is C14H14ClN3O3. The molecule has 0 unspecified atom stereocenters. The van der Waals surface area contributed by atoms with Gasteiger partial charge in [-0.2, -0.15) is 4.98 Å². The van der Waals surface area contributed by atoms with Gasteiger partial charge in [-0.25, -0.2) is 4.98 Å². The molecule has 0 radical (unpaired) electrons. The van der Waals surface area contributed by atoms with Gasteiger partial charge < -0.3 is 4.74 Å². The van der Waals surface area contributed by atoms with Crippen LogP contribution in [0.4, 0.5) is 5.69 Å². The van der Waals surface area contributed by atoms with Gasteiger partial charge in [-0.15, -0.1) is 0 Å². The van der Waals surface area contributed by atoms with Crippen LogP contribution in [0, 0.1) is 24.0 Å². The Bertz CT molecular complexity index is 704. The highest BCUT2D eigenvalue weighted by atomic mass is 35.5. The monoisotopic (exact) mass is 307 g/mol. The molecular weight excluding hydrogens is 294 g/mol. The molecule has 0 saturated heterocycles. The normalized spacial score (nSPS) is 10.5. The maximum absolute atomic E-state index is 10.8. The molecule has 0 bridgehead atoms. The highest BCUT2D eigenvalue weighted by Crippen LogP contribution is 2.31. The summed E-state index contributed by atoms with van der Waals surface area (Å²) < 4.78 is 5.71. The molecule has 0 amide bonds. The molecule has 7 heteroatoms. The number of hydrogen-bond acceptors (Lipinski definition) is 5. The van der Waals surface area contributed by atoms with Crippen molar-refractivity contribution in [1.82, 2.24) is 9.97 Å². The predicted octanol–water partition coefficient (Wildman–Crippen LogP) is 4.01. The van der Waals surface area contributed by atoms with E-state index in [0.29, 0.717) is 34.6 Å². The van der Waals surface area contributed by atoms with Gasteiger partial charge in [0.15, 0.2) is 0 Å². The van der Waals surface area contributed by atoms with E-state index in [9.17, 15) is 10.1 Å². The second kappa shape index (κ2) is 6.05. The Morgan fingerprint density at radius 3 is 2.67 bits per heavy atom. The van der Waals surface area contributed by atoms with Gasteiger partial charge in [0, 0.05) is 18.1 Å². The molecule has 0 atom stereocenters. The van der Waals surface area contributed by atoms with Crippen LogP contribution in [0.5, 0.6) is 11.6 Å². The third kappa shape index (κ3) is 3.28. The van der Waals surface area contributed by atoms with Crippen LogP contribution in [-0.2, 0) is 6.42 Å². The lowest BCUT2D eigenvalue weighted by molar-refractivity contribution is -0.384. The van der Waals surface area contributed by atoms with Crippen LogP contribution >= 0.6 is 11.6 Å². The van der Waals surface area contributed by atoms with Crippen molar-refractivity contribution in [2.75, 3.05) is 0 Å². The SMILES string of the molecule is CCc1nc(Cl)c(C)c(Oc2cc([N+](=O)[O-])ccc2C)n1. The van der Waals surface area contributed by atoms with Crippen molar-refractivity contribution in [2.24, 2.45) is 0 Å². The molecule has 110 valence electrons. The van der Waals surface area contributed by atoms with Crippen molar-refractivity contribution in [2.45, 2.75) is 27.2 Å². The fourth-order valence-corrected chi connectivity index (χ4v) is 1.86. The Hall–Kier alpha value is -2.21. The Morgan fingerprint density at radius 2 is 2.05 bits per heavy atom. The second-order valence-corrected chi connectivity index (χ2v) is 4.88. The number of nitro groups is 1. The third-order valence-electron chi connectivity index (χ3n) is 2.99. The molecule has 2 rings (SSSR count). The summed E-state index contributed by atoms with van der Waals surface area (Å²) in [6.07, 6.45) is 0.615. The molecule has 0 fully saturated rings. The number of aromatic nitrogens is 2. The number of rotatable bonds is 4. The lowest BCUT2D eigenvalue weighted by Crippen LogP contribution is -2.01. The number of hydrogen-bond donors (Lipinski definition) is 0. The predicted molar refractivity (Wildman–Crippen MR) is 79.1 cm³/mol. The van der Waals surface area contributed by atoms with E-state index in [1.54, 1.807) is 19.9 Å². The molecule has 21 heavy (non-hydrogen) atoms. The van der Waals surface area contributed by atoms with Crippen molar-refractivity contribution in [3.05, 3.63) is 50.4 Å². The van der Waals surface area contributed by atoms with E-state index in [0.717, 1.165) is 5.56 Å². The Labute approximate surface area is 126 Å². The van der Waals surface area contributed by atoms with E-state index in [4.69, 9.17) is 16.3 Å². The maximum atomic E-state index is 10.8.